The van der Waals surface area contributed by atoms with Crippen LogP contribution in [0.1, 0.15) is 26.2 Å². The SMILES string of the molecule is CCCC[C@H](NC(=O)[C@@H](N)CS)C(=O)O. The second-order valence-corrected chi connectivity index (χ2v) is 3.70. The summed E-state index contributed by atoms with van der Waals surface area (Å²) in [4.78, 5) is 22.1. The van der Waals surface area contributed by atoms with Gasteiger partial charge in [-0.25, -0.2) is 4.79 Å². The molecule has 1 amide bonds. The van der Waals surface area contributed by atoms with Crippen LogP contribution in [0.5, 0.6) is 0 Å². The van der Waals surface area contributed by atoms with Crippen LogP contribution >= 0.6 is 12.6 Å². The molecule has 0 radical (unpaired) electrons. The smallest absolute Gasteiger partial charge is 0.326 e. The van der Waals surface area contributed by atoms with Crippen LogP contribution in [0.2, 0.25) is 0 Å². The molecule has 6 heteroatoms. The molecular weight excluding hydrogens is 216 g/mol. The van der Waals surface area contributed by atoms with E-state index in [2.05, 4.69) is 17.9 Å². The number of carbonyl (C=O) groups is 2. The van der Waals surface area contributed by atoms with E-state index in [1.165, 1.54) is 0 Å². The van der Waals surface area contributed by atoms with Crippen LogP contribution in [0.3, 0.4) is 0 Å². The van der Waals surface area contributed by atoms with Gasteiger partial charge < -0.3 is 16.2 Å². The van der Waals surface area contributed by atoms with Crippen LogP contribution in [-0.2, 0) is 9.59 Å². The van der Waals surface area contributed by atoms with Crippen molar-refractivity contribution < 1.29 is 14.7 Å². The highest BCUT2D eigenvalue weighted by Crippen LogP contribution is 2.01. The molecule has 5 nitrogen and oxygen atoms in total. The third-order valence-electron chi connectivity index (χ3n) is 1.99. The Labute approximate surface area is 94.8 Å². The molecule has 0 aliphatic carbocycles. The van der Waals surface area contributed by atoms with E-state index in [-0.39, 0.29) is 5.75 Å². The quantitative estimate of drug-likeness (QED) is 0.467. The summed E-state index contributed by atoms with van der Waals surface area (Å²) in [5, 5.41) is 11.2. The topological polar surface area (TPSA) is 92.4 Å². The number of carboxylic acid groups (broad SMARTS) is 1. The fourth-order valence-electron chi connectivity index (χ4n) is 1.03. The molecule has 88 valence electrons. The second kappa shape index (κ2) is 7.53. The lowest BCUT2D eigenvalue weighted by atomic mass is 10.1. The van der Waals surface area contributed by atoms with Crippen molar-refractivity contribution in [3.63, 3.8) is 0 Å². The van der Waals surface area contributed by atoms with Crippen molar-refractivity contribution in [1.29, 1.82) is 0 Å². The third kappa shape index (κ3) is 5.64. The van der Waals surface area contributed by atoms with Crippen molar-refractivity contribution in [3.8, 4) is 0 Å². The number of carboxylic acids is 1. The normalized spacial score (nSPS) is 14.3. The van der Waals surface area contributed by atoms with Crippen molar-refractivity contribution in [2.75, 3.05) is 5.75 Å². The highest BCUT2D eigenvalue weighted by atomic mass is 32.1. The number of aliphatic carboxylic acids is 1. The van der Waals surface area contributed by atoms with Crippen LogP contribution in [-0.4, -0.2) is 34.8 Å². The molecule has 0 fully saturated rings. The first-order valence-electron chi connectivity index (χ1n) is 4.92. The molecule has 0 bridgehead atoms. The maximum Gasteiger partial charge on any atom is 0.326 e. The fraction of sp³-hybridized carbons (Fsp3) is 0.778. The van der Waals surface area contributed by atoms with Gasteiger partial charge in [-0.15, -0.1) is 0 Å². The third-order valence-corrected chi connectivity index (χ3v) is 2.39. The molecule has 0 heterocycles. The van der Waals surface area contributed by atoms with Gasteiger partial charge >= 0.3 is 5.97 Å². The first-order chi connectivity index (χ1) is 7.02. The molecule has 0 aromatic heterocycles. The molecule has 0 aliphatic rings. The zero-order valence-electron chi connectivity index (χ0n) is 8.77. The summed E-state index contributed by atoms with van der Waals surface area (Å²) in [5.74, 6) is -1.29. The lowest BCUT2D eigenvalue weighted by molar-refractivity contribution is -0.142. The number of thiol groups is 1. The van der Waals surface area contributed by atoms with E-state index in [1.54, 1.807) is 0 Å². The predicted octanol–water partition coefficient (Wildman–Crippen LogP) is 0.00310. The van der Waals surface area contributed by atoms with Gasteiger partial charge in [-0.3, -0.25) is 4.79 Å². The first kappa shape index (κ1) is 14.2. The number of unbranched alkanes of at least 4 members (excludes halogenated alkanes) is 1. The van der Waals surface area contributed by atoms with E-state index >= 15 is 0 Å². The van der Waals surface area contributed by atoms with Gasteiger partial charge in [0, 0.05) is 5.75 Å². The number of hydrogen-bond acceptors (Lipinski definition) is 4. The Morgan fingerprint density at radius 1 is 1.53 bits per heavy atom. The number of rotatable bonds is 7. The van der Waals surface area contributed by atoms with E-state index in [9.17, 15) is 9.59 Å². The molecule has 2 atom stereocenters. The number of nitrogens with one attached hydrogen (secondary N) is 1. The zero-order valence-corrected chi connectivity index (χ0v) is 9.67. The lowest BCUT2D eigenvalue weighted by Crippen LogP contribution is -2.49. The number of hydrogen-bond donors (Lipinski definition) is 4. The summed E-state index contributed by atoms with van der Waals surface area (Å²) in [6.07, 6.45) is 2.07. The summed E-state index contributed by atoms with van der Waals surface area (Å²) in [6, 6.07) is -1.60. The van der Waals surface area contributed by atoms with Crippen LogP contribution < -0.4 is 11.1 Å². The van der Waals surface area contributed by atoms with E-state index in [1.807, 2.05) is 6.92 Å². The molecular formula is C9H18N2O3S. The fourth-order valence-corrected chi connectivity index (χ4v) is 1.19. The Bertz CT molecular complexity index is 223. The summed E-state index contributed by atoms with van der Waals surface area (Å²) in [5.41, 5.74) is 5.41. The Balaban J connectivity index is 4.16. The van der Waals surface area contributed by atoms with Gasteiger partial charge in [-0.05, 0) is 6.42 Å². The summed E-state index contributed by atoms with van der Waals surface area (Å²) in [7, 11) is 0. The van der Waals surface area contributed by atoms with Crippen molar-refractivity contribution >= 4 is 24.5 Å². The van der Waals surface area contributed by atoms with Crippen LogP contribution in [0, 0.1) is 0 Å². The Morgan fingerprint density at radius 2 is 2.13 bits per heavy atom. The first-order valence-corrected chi connectivity index (χ1v) is 5.55. The predicted molar refractivity (Wildman–Crippen MR) is 60.9 cm³/mol. The molecule has 0 unspecified atom stereocenters. The van der Waals surface area contributed by atoms with Gasteiger partial charge in [0.05, 0.1) is 6.04 Å². The molecule has 0 rings (SSSR count). The van der Waals surface area contributed by atoms with E-state index in [0.717, 1.165) is 12.8 Å². The maximum absolute atomic E-state index is 11.3. The monoisotopic (exact) mass is 234 g/mol. The Hall–Kier alpha value is -0.750. The molecule has 15 heavy (non-hydrogen) atoms. The number of amides is 1. The number of nitrogens with two attached hydrogens (primary N) is 1. The van der Waals surface area contributed by atoms with Gasteiger partial charge in [0.2, 0.25) is 5.91 Å². The molecule has 0 saturated carbocycles. The van der Waals surface area contributed by atoms with Crippen molar-refractivity contribution in [2.24, 2.45) is 5.73 Å². The summed E-state index contributed by atoms with van der Waals surface area (Å²) < 4.78 is 0. The molecule has 0 saturated heterocycles. The van der Waals surface area contributed by atoms with E-state index in [0.29, 0.717) is 6.42 Å². The zero-order chi connectivity index (χ0) is 11.8. The maximum atomic E-state index is 11.3. The average molecular weight is 234 g/mol. The molecule has 0 spiro atoms. The van der Waals surface area contributed by atoms with Crippen LogP contribution in [0.4, 0.5) is 0 Å². The largest absolute Gasteiger partial charge is 0.480 e. The minimum atomic E-state index is -1.02. The van der Waals surface area contributed by atoms with Gasteiger partial charge in [-0.1, -0.05) is 19.8 Å². The van der Waals surface area contributed by atoms with Gasteiger partial charge in [0.1, 0.15) is 6.04 Å². The second-order valence-electron chi connectivity index (χ2n) is 3.33. The van der Waals surface area contributed by atoms with Crippen molar-refractivity contribution in [1.82, 2.24) is 5.32 Å². The van der Waals surface area contributed by atoms with Crippen LogP contribution in [0.15, 0.2) is 0 Å². The standard InChI is InChI=1S/C9H18N2O3S/c1-2-3-4-7(9(13)14)11-8(12)6(10)5-15/h6-7,15H,2-5,10H2,1H3,(H,11,12)(H,13,14)/t6-,7-/m0/s1. The van der Waals surface area contributed by atoms with Crippen molar-refractivity contribution in [2.45, 2.75) is 38.3 Å². The molecule has 0 aliphatic heterocycles. The minimum absolute atomic E-state index is 0.200. The van der Waals surface area contributed by atoms with E-state index in [4.69, 9.17) is 10.8 Å². The van der Waals surface area contributed by atoms with E-state index < -0.39 is 24.0 Å². The van der Waals surface area contributed by atoms with Gasteiger partial charge in [-0.2, -0.15) is 12.6 Å². The van der Waals surface area contributed by atoms with Gasteiger partial charge in [0.25, 0.3) is 0 Å². The summed E-state index contributed by atoms with van der Waals surface area (Å²) in [6.45, 7) is 1.96. The summed E-state index contributed by atoms with van der Waals surface area (Å²) >= 11 is 3.87. The van der Waals surface area contributed by atoms with Crippen LogP contribution in [0.25, 0.3) is 0 Å². The molecule has 4 N–H and O–H groups in total. The average Bonchev–Trinajstić information content (AvgIpc) is 2.22. The van der Waals surface area contributed by atoms with Gasteiger partial charge in [0.15, 0.2) is 0 Å². The molecule has 0 aromatic rings. The highest BCUT2D eigenvalue weighted by molar-refractivity contribution is 7.80. The minimum Gasteiger partial charge on any atom is -0.480 e. The highest BCUT2D eigenvalue weighted by Gasteiger charge is 2.21. The van der Waals surface area contributed by atoms with Crippen molar-refractivity contribution in [3.05, 3.63) is 0 Å². The Kier molecular flexibility index (Phi) is 7.15. The Morgan fingerprint density at radius 3 is 2.53 bits per heavy atom. The molecule has 0 aromatic carbocycles. The lowest BCUT2D eigenvalue weighted by Gasteiger charge is -2.16. The number of carbonyl (C=O) groups excluding carboxylic acids is 1.